The van der Waals surface area contributed by atoms with Crippen LogP contribution in [0.1, 0.15) is 0 Å². The standard InChI is InChI=1S/C9H9FO3S/c10-7-1-3-9(4-2-7)14(11,12)6-8-5-13-8/h1-4,8H,5-6H2. The molecule has 0 saturated carbocycles. The van der Waals surface area contributed by atoms with Gasteiger partial charge in [-0.25, -0.2) is 12.8 Å². The average Bonchev–Trinajstić information content (AvgIpc) is 2.88. The maximum absolute atomic E-state index is 12.5. The molecular weight excluding hydrogens is 207 g/mol. The molecule has 0 N–H and O–H groups in total. The zero-order valence-electron chi connectivity index (χ0n) is 7.31. The fourth-order valence-electron chi connectivity index (χ4n) is 1.15. The first-order valence-corrected chi connectivity index (χ1v) is 5.83. The fraction of sp³-hybridized carbons (Fsp3) is 0.333. The highest BCUT2D eigenvalue weighted by Gasteiger charge is 2.30. The third-order valence-corrected chi connectivity index (χ3v) is 3.78. The highest BCUT2D eigenvalue weighted by atomic mass is 32.2. The monoisotopic (exact) mass is 216 g/mol. The molecule has 14 heavy (non-hydrogen) atoms. The lowest BCUT2D eigenvalue weighted by molar-refractivity contribution is 0.422. The predicted molar refractivity (Wildman–Crippen MR) is 48.2 cm³/mol. The van der Waals surface area contributed by atoms with Gasteiger partial charge in [0.1, 0.15) is 5.82 Å². The van der Waals surface area contributed by atoms with Gasteiger partial charge in [-0.05, 0) is 24.3 Å². The van der Waals surface area contributed by atoms with Gasteiger partial charge in [0.25, 0.3) is 0 Å². The molecule has 1 saturated heterocycles. The molecule has 0 aliphatic carbocycles. The minimum Gasteiger partial charge on any atom is -0.372 e. The molecule has 2 rings (SSSR count). The zero-order chi connectivity index (χ0) is 10.2. The number of ether oxygens (including phenoxy) is 1. The second-order valence-corrected chi connectivity index (χ2v) is 5.22. The summed E-state index contributed by atoms with van der Waals surface area (Å²) in [7, 11) is -3.31. The Balaban J connectivity index is 2.24. The summed E-state index contributed by atoms with van der Waals surface area (Å²) in [6, 6.07) is 4.82. The van der Waals surface area contributed by atoms with E-state index in [0.717, 1.165) is 12.1 Å². The molecule has 5 heteroatoms. The SMILES string of the molecule is O=S(=O)(CC1CO1)c1ccc(F)cc1. The van der Waals surface area contributed by atoms with Crippen molar-refractivity contribution in [1.29, 1.82) is 0 Å². The fourth-order valence-corrected chi connectivity index (χ4v) is 2.57. The Morgan fingerprint density at radius 3 is 2.43 bits per heavy atom. The van der Waals surface area contributed by atoms with Gasteiger partial charge < -0.3 is 4.74 Å². The van der Waals surface area contributed by atoms with Crippen molar-refractivity contribution >= 4 is 9.84 Å². The van der Waals surface area contributed by atoms with Crippen molar-refractivity contribution in [3.8, 4) is 0 Å². The lowest BCUT2D eigenvalue weighted by Gasteiger charge is -2.01. The molecule has 1 aliphatic rings. The first kappa shape index (κ1) is 9.61. The van der Waals surface area contributed by atoms with Crippen LogP contribution in [0.3, 0.4) is 0 Å². The molecule has 1 aromatic rings. The third-order valence-electron chi connectivity index (χ3n) is 1.98. The minimum atomic E-state index is -3.31. The second-order valence-electron chi connectivity index (χ2n) is 3.19. The van der Waals surface area contributed by atoms with Crippen molar-refractivity contribution in [1.82, 2.24) is 0 Å². The summed E-state index contributed by atoms with van der Waals surface area (Å²) in [5.74, 6) is -0.454. The van der Waals surface area contributed by atoms with E-state index in [4.69, 9.17) is 4.74 Å². The number of epoxide rings is 1. The second kappa shape index (κ2) is 3.33. The van der Waals surface area contributed by atoms with Gasteiger partial charge in [-0.3, -0.25) is 0 Å². The molecule has 1 aromatic carbocycles. The van der Waals surface area contributed by atoms with Gasteiger partial charge in [-0.1, -0.05) is 0 Å². The summed E-state index contributed by atoms with van der Waals surface area (Å²) in [4.78, 5) is 0.148. The van der Waals surface area contributed by atoms with Gasteiger partial charge in [0, 0.05) is 0 Å². The normalized spacial score (nSPS) is 20.8. The van der Waals surface area contributed by atoms with E-state index in [-0.39, 0.29) is 16.8 Å². The average molecular weight is 216 g/mol. The number of halogens is 1. The van der Waals surface area contributed by atoms with Crippen LogP contribution in [0.2, 0.25) is 0 Å². The number of hydrogen-bond acceptors (Lipinski definition) is 3. The molecule has 0 spiro atoms. The van der Waals surface area contributed by atoms with E-state index in [1.165, 1.54) is 12.1 Å². The van der Waals surface area contributed by atoms with E-state index >= 15 is 0 Å². The summed E-state index contributed by atoms with van der Waals surface area (Å²) < 4.78 is 40.5. The molecule has 0 amide bonds. The Bertz CT molecular complexity index is 420. The zero-order valence-corrected chi connectivity index (χ0v) is 8.13. The van der Waals surface area contributed by atoms with Crippen LogP contribution >= 0.6 is 0 Å². The van der Waals surface area contributed by atoms with E-state index < -0.39 is 15.7 Å². The van der Waals surface area contributed by atoms with Crippen molar-refractivity contribution in [3.05, 3.63) is 30.1 Å². The van der Waals surface area contributed by atoms with Crippen molar-refractivity contribution in [2.75, 3.05) is 12.4 Å². The maximum atomic E-state index is 12.5. The molecule has 1 fully saturated rings. The molecular formula is C9H9FO3S. The van der Waals surface area contributed by atoms with Crippen molar-refractivity contribution < 1.29 is 17.5 Å². The Labute approximate surface area is 81.4 Å². The van der Waals surface area contributed by atoms with E-state index in [0.29, 0.717) is 6.61 Å². The number of hydrogen-bond donors (Lipinski definition) is 0. The van der Waals surface area contributed by atoms with E-state index in [1.54, 1.807) is 0 Å². The Morgan fingerprint density at radius 1 is 1.36 bits per heavy atom. The highest BCUT2D eigenvalue weighted by Crippen LogP contribution is 2.18. The van der Waals surface area contributed by atoms with Crippen molar-refractivity contribution in [2.24, 2.45) is 0 Å². The number of sulfone groups is 1. The minimum absolute atomic E-state index is 0.0152. The van der Waals surface area contributed by atoms with E-state index in [2.05, 4.69) is 0 Å². The lowest BCUT2D eigenvalue weighted by atomic mass is 10.4. The molecule has 1 heterocycles. The molecule has 76 valence electrons. The van der Waals surface area contributed by atoms with Crippen LogP contribution in [-0.4, -0.2) is 26.9 Å². The molecule has 0 aromatic heterocycles. The number of benzene rings is 1. The molecule has 1 atom stereocenters. The first-order chi connectivity index (χ1) is 6.58. The topological polar surface area (TPSA) is 46.7 Å². The van der Waals surface area contributed by atoms with Crippen LogP contribution in [0, 0.1) is 5.82 Å². The summed E-state index contributed by atoms with van der Waals surface area (Å²) in [5.41, 5.74) is 0. The molecule has 1 aliphatic heterocycles. The lowest BCUT2D eigenvalue weighted by Crippen LogP contribution is -2.11. The summed E-state index contributed by atoms with van der Waals surface area (Å²) in [6.45, 7) is 0.500. The third kappa shape index (κ3) is 2.10. The Kier molecular flexibility index (Phi) is 2.28. The van der Waals surface area contributed by atoms with Gasteiger partial charge in [-0.15, -0.1) is 0 Å². The van der Waals surface area contributed by atoms with Crippen molar-refractivity contribution in [2.45, 2.75) is 11.0 Å². The number of rotatable bonds is 3. The Morgan fingerprint density at radius 2 is 1.93 bits per heavy atom. The summed E-state index contributed by atoms with van der Waals surface area (Å²) in [6.07, 6.45) is -0.176. The molecule has 3 nitrogen and oxygen atoms in total. The summed E-state index contributed by atoms with van der Waals surface area (Å²) >= 11 is 0. The van der Waals surface area contributed by atoms with E-state index in [1.807, 2.05) is 0 Å². The van der Waals surface area contributed by atoms with Crippen LogP contribution in [0.4, 0.5) is 4.39 Å². The van der Waals surface area contributed by atoms with Gasteiger partial charge in [-0.2, -0.15) is 0 Å². The summed E-state index contributed by atoms with van der Waals surface area (Å²) in [5, 5.41) is 0. The predicted octanol–water partition coefficient (Wildman–Crippen LogP) is 0.998. The van der Waals surface area contributed by atoms with Crippen LogP contribution in [0.15, 0.2) is 29.2 Å². The van der Waals surface area contributed by atoms with Gasteiger partial charge >= 0.3 is 0 Å². The van der Waals surface area contributed by atoms with Crippen LogP contribution in [0.5, 0.6) is 0 Å². The quantitative estimate of drug-likeness (QED) is 0.559. The molecule has 0 bridgehead atoms. The molecule has 0 radical (unpaired) electrons. The smallest absolute Gasteiger partial charge is 0.181 e. The van der Waals surface area contributed by atoms with Crippen LogP contribution in [0.25, 0.3) is 0 Å². The van der Waals surface area contributed by atoms with Crippen LogP contribution in [-0.2, 0) is 14.6 Å². The Hall–Kier alpha value is -0.940. The van der Waals surface area contributed by atoms with Crippen LogP contribution < -0.4 is 0 Å². The van der Waals surface area contributed by atoms with E-state index in [9.17, 15) is 12.8 Å². The van der Waals surface area contributed by atoms with Gasteiger partial charge in [0.15, 0.2) is 9.84 Å². The van der Waals surface area contributed by atoms with Crippen molar-refractivity contribution in [3.63, 3.8) is 0 Å². The highest BCUT2D eigenvalue weighted by molar-refractivity contribution is 7.91. The maximum Gasteiger partial charge on any atom is 0.181 e. The first-order valence-electron chi connectivity index (χ1n) is 4.18. The largest absolute Gasteiger partial charge is 0.372 e. The molecule has 1 unspecified atom stereocenters. The van der Waals surface area contributed by atoms with Gasteiger partial charge in [0.2, 0.25) is 0 Å². The van der Waals surface area contributed by atoms with Gasteiger partial charge in [0.05, 0.1) is 23.4 Å².